The summed E-state index contributed by atoms with van der Waals surface area (Å²) in [5.41, 5.74) is -0.141. The quantitative estimate of drug-likeness (QED) is 0.360. The Balaban J connectivity index is 1.91. The Labute approximate surface area is 151 Å². The Bertz CT molecular complexity index is 718. The zero-order valence-corrected chi connectivity index (χ0v) is 15.2. The molecule has 0 aromatic heterocycles. The van der Waals surface area contributed by atoms with Gasteiger partial charge in [-0.25, -0.2) is 13.6 Å². The van der Waals surface area contributed by atoms with Crippen molar-refractivity contribution in [1.82, 2.24) is 0 Å². The zero-order valence-electron chi connectivity index (χ0n) is 14.4. The highest BCUT2D eigenvalue weighted by atomic mass is 32.2. The highest BCUT2D eigenvalue weighted by molar-refractivity contribution is 7.89. The van der Waals surface area contributed by atoms with Gasteiger partial charge in [0.05, 0.1) is 41.8 Å². The van der Waals surface area contributed by atoms with Crippen LogP contribution in [0.25, 0.3) is 0 Å². The molecule has 0 saturated carbocycles. The summed E-state index contributed by atoms with van der Waals surface area (Å²) in [5.74, 6) is 0. The molecule has 0 amide bonds. The molecule has 1 heterocycles. The monoisotopic (exact) mass is 389 g/mol. The molecule has 0 radical (unpaired) electrons. The van der Waals surface area contributed by atoms with Crippen molar-refractivity contribution < 1.29 is 27.6 Å². The van der Waals surface area contributed by atoms with Gasteiger partial charge in [0, 0.05) is 19.7 Å². The molecule has 0 unspecified atom stereocenters. The third-order valence-electron chi connectivity index (χ3n) is 3.98. The number of nitro benzene ring substituents is 1. The molecule has 1 aliphatic rings. The van der Waals surface area contributed by atoms with E-state index in [1.54, 1.807) is 7.11 Å². The van der Waals surface area contributed by atoms with Gasteiger partial charge < -0.3 is 19.5 Å². The number of primary sulfonamides is 1. The summed E-state index contributed by atoms with van der Waals surface area (Å²) in [6, 6.07) is 3.50. The number of nitrogens with zero attached hydrogens (tertiary/aromatic N) is 1. The first kappa shape index (κ1) is 20.5. The van der Waals surface area contributed by atoms with E-state index in [0.717, 1.165) is 18.9 Å². The van der Waals surface area contributed by atoms with E-state index in [1.165, 1.54) is 12.1 Å². The number of ether oxygens (including phenoxy) is 3. The van der Waals surface area contributed by atoms with E-state index in [1.807, 2.05) is 0 Å². The fourth-order valence-corrected chi connectivity index (χ4v) is 3.12. The second kappa shape index (κ2) is 9.24. The number of nitro groups is 1. The summed E-state index contributed by atoms with van der Waals surface area (Å²) >= 11 is 0. The Morgan fingerprint density at radius 2 is 2.15 bits per heavy atom. The molecular formula is C15H23N3O7S. The SMILES string of the molecule is COCCO[C@H]1CC[C@H](CNc2ccc(S(N)(=O)=O)cc2[N+](=O)[O-])OC1. The summed E-state index contributed by atoms with van der Waals surface area (Å²) in [5, 5.41) is 19.2. The van der Waals surface area contributed by atoms with Crippen LogP contribution >= 0.6 is 0 Å². The Morgan fingerprint density at radius 1 is 1.38 bits per heavy atom. The van der Waals surface area contributed by atoms with E-state index >= 15 is 0 Å². The molecule has 2 rings (SSSR count). The number of hydrogen-bond acceptors (Lipinski definition) is 8. The van der Waals surface area contributed by atoms with Crippen molar-refractivity contribution in [2.45, 2.75) is 29.9 Å². The van der Waals surface area contributed by atoms with Gasteiger partial charge in [0.2, 0.25) is 10.0 Å². The van der Waals surface area contributed by atoms with Gasteiger partial charge in [0.1, 0.15) is 5.69 Å². The molecule has 1 aromatic rings. The molecule has 0 aliphatic carbocycles. The number of rotatable bonds is 9. The molecule has 0 bridgehead atoms. The fraction of sp³-hybridized carbons (Fsp3) is 0.600. The second-order valence-corrected chi connectivity index (χ2v) is 7.44. The summed E-state index contributed by atoms with van der Waals surface area (Å²) in [6.07, 6.45) is 1.47. The lowest BCUT2D eigenvalue weighted by Crippen LogP contribution is -2.35. The zero-order chi connectivity index (χ0) is 19.2. The summed E-state index contributed by atoms with van der Waals surface area (Å²) in [4.78, 5) is 10.2. The van der Waals surface area contributed by atoms with Crippen LogP contribution in [-0.4, -0.2) is 59.0 Å². The molecule has 1 saturated heterocycles. The minimum atomic E-state index is -4.01. The number of methoxy groups -OCH3 is 1. The maximum absolute atomic E-state index is 11.3. The highest BCUT2D eigenvalue weighted by Crippen LogP contribution is 2.27. The van der Waals surface area contributed by atoms with Gasteiger partial charge in [0.15, 0.2) is 0 Å². The van der Waals surface area contributed by atoms with Crippen molar-refractivity contribution in [3.05, 3.63) is 28.3 Å². The standard InChI is InChI=1S/C15H23N3O7S/c1-23-6-7-24-12-3-2-11(25-10-12)9-17-14-5-4-13(26(16,21)22)8-15(14)18(19)20/h4-5,8,11-12,17H,2-3,6-7,9-10H2,1H3,(H2,16,21,22)/t11-,12+/m1/s1. The van der Waals surface area contributed by atoms with Crippen molar-refractivity contribution in [2.75, 3.05) is 38.8 Å². The van der Waals surface area contributed by atoms with Crippen LogP contribution in [0.4, 0.5) is 11.4 Å². The molecule has 10 nitrogen and oxygen atoms in total. The molecule has 3 N–H and O–H groups in total. The van der Waals surface area contributed by atoms with Gasteiger partial charge in [-0.15, -0.1) is 0 Å². The average molecular weight is 389 g/mol. The first-order chi connectivity index (χ1) is 12.3. The van der Waals surface area contributed by atoms with E-state index in [9.17, 15) is 18.5 Å². The second-order valence-electron chi connectivity index (χ2n) is 5.88. The lowest BCUT2D eigenvalue weighted by Gasteiger charge is -2.29. The van der Waals surface area contributed by atoms with Crippen LogP contribution < -0.4 is 10.5 Å². The van der Waals surface area contributed by atoms with Crippen LogP contribution in [0.15, 0.2) is 23.1 Å². The topological polar surface area (TPSA) is 143 Å². The lowest BCUT2D eigenvalue weighted by atomic mass is 10.1. The van der Waals surface area contributed by atoms with Crippen LogP contribution in [0.2, 0.25) is 0 Å². The maximum Gasteiger partial charge on any atom is 0.293 e. The molecule has 1 fully saturated rings. The van der Waals surface area contributed by atoms with Gasteiger partial charge in [-0.2, -0.15) is 0 Å². The molecule has 1 aromatic carbocycles. The van der Waals surface area contributed by atoms with Crippen molar-refractivity contribution in [2.24, 2.45) is 5.14 Å². The maximum atomic E-state index is 11.3. The Kier molecular flexibility index (Phi) is 7.29. The average Bonchev–Trinajstić information content (AvgIpc) is 2.60. The summed E-state index contributed by atoms with van der Waals surface area (Å²) < 4.78 is 38.9. The summed E-state index contributed by atoms with van der Waals surface area (Å²) in [7, 11) is -2.40. The number of hydrogen-bond donors (Lipinski definition) is 2. The molecule has 1 aliphatic heterocycles. The third-order valence-corrected chi connectivity index (χ3v) is 4.90. The van der Waals surface area contributed by atoms with Crippen LogP contribution in [0.3, 0.4) is 0 Å². The minimum Gasteiger partial charge on any atom is -0.382 e. The number of nitrogens with one attached hydrogen (secondary N) is 1. The predicted molar refractivity (Wildman–Crippen MR) is 93.5 cm³/mol. The van der Waals surface area contributed by atoms with Crippen LogP contribution in [0.5, 0.6) is 0 Å². The Hall–Kier alpha value is -1.79. The first-order valence-electron chi connectivity index (χ1n) is 8.08. The minimum absolute atomic E-state index is 0.0183. The molecule has 0 spiro atoms. The Morgan fingerprint density at radius 3 is 2.73 bits per heavy atom. The number of benzene rings is 1. The van der Waals surface area contributed by atoms with Gasteiger partial charge in [-0.1, -0.05) is 0 Å². The van der Waals surface area contributed by atoms with E-state index in [4.69, 9.17) is 19.3 Å². The highest BCUT2D eigenvalue weighted by Gasteiger charge is 2.24. The molecule has 26 heavy (non-hydrogen) atoms. The third kappa shape index (κ3) is 5.88. The van der Waals surface area contributed by atoms with Crippen molar-refractivity contribution >= 4 is 21.4 Å². The molecule has 2 atom stereocenters. The normalized spacial score (nSPS) is 20.7. The molecule has 146 valence electrons. The molecular weight excluding hydrogens is 366 g/mol. The molecule has 11 heteroatoms. The number of anilines is 1. The number of nitrogens with two attached hydrogens (primary N) is 1. The smallest absolute Gasteiger partial charge is 0.293 e. The predicted octanol–water partition coefficient (Wildman–Crippen LogP) is 0.865. The lowest BCUT2D eigenvalue weighted by molar-refractivity contribution is -0.384. The van der Waals surface area contributed by atoms with Gasteiger partial charge >= 0.3 is 0 Å². The number of sulfonamides is 1. The van der Waals surface area contributed by atoms with Gasteiger partial charge in [-0.3, -0.25) is 10.1 Å². The summed E-state index contributed by atoms with van der Waals surface area (Å²) in [6.45, 7) is 1.85. The largest absolute Gasteiger partial charge is 0.382 e. The van der Waals surface area contributed by atoms with Gasteiger partial charge in [-0.05, 0) is 25.0 Å². The van der Waals surface area contributed by atoms with Crippen molar-refractivity contribution in [3.63, 3.8) is 0 Å². The van der Waals surface area contributed by atoms with Crippen LogP contribution in [0.1, 0.15) is 12.8 Å². The van der Waals surface area contributed by atoms with Crippen molar-refractivity contribution in [1.29, 1.82) is 0 Å². The first-order valence-corrected chi connectivity index (χ1v) is 9.63. The van der Waals surface area contributed by atoms with E-state index in [2.05, 4.69) is 5.32 Å². The van der Waals surface area contributed by atoms with E-state index in [-0.39, 0.29) is 28.5 Å². The van der Waals surface area contributed by atoms with E-state index in [0.29, 0.717) is 26.4 Å². The van der Waals surface area contributed by atoms with Crippen LogP contribution in [-0.2, 0) is 24.2 Å². The van der Waals surface area contributed by atoms with E-state index < -0.39 is 14.9 Å². The van der Waals surface area contributed by atoms with Crippen LogP contribution in [0, 0.1) is 10.1 Å². The van der Waals surface area contributed by atoms with Gasteiger partial charge in [0.25, 0.3) is 5.69 Å². The van der Waals surface area contributed by atoms with Crippen molar-refractivity contribution in [3.8, 4) is 0 Å². The fourth-order valence-electron chi connectivity index (χ4n) is 2.59.